The number of amides is 2. The van der Waals surface area contributed by atoms with Gasteiger partial charge in [0.1, 0.15) is 0 Å². The van der Waals surface area contributed by atoms with Crippen LogP contribution in [0.1, 0.15) is 43.6 Å². The van der Waals surface area contributed by atoms with Gasteiger partial charge in [0.25, 0.3) is 0 Å². The van der Waals surface area contributed by atoms with Crippen molar-refractivity contribution in [2.75, 3.05) is 50.6 Å². The van der Waals surface area contributed by atoms with E-state index in [9.17, 15) is 4.79 Å². The summed E-state index contributed by atoms with van der Waals surface area (Å²) in [6.45, 7) is 9.61. The van der Waals surface area contributed by atoms with E-state index in [1.807, 2.05) is 22.8 Å². The molecule has 2 amide bonds. The molecular formula is C26H37N5O. The van der Waals surface area contributed by atoms with Gasteiger partial charge in [-0.3, -0.25) is 14.8 Å². The van der Waals surface area contributed by atoms with Gasteiger partial charge in [-0.2, -0.15) is 0 Å². The summed E-state index contributed by atoms with van der Waals surface area (Å²) in [5.41, 5.74) is 5.46. The normalized spacial score (nSPS) is 18.2. The van der Waals surface area contributed by atoms with E-state index in [1.54, 1.807) is 0 Å². The lowest BCUT2D eigenvalue weighted by atomic mass is 9.91. The summed E-state index contributed by atoms with van der Waals surface area (Å²) in [5.74, 6) is 0. The van der Waals surface area contributed by atoms with Crippen LogP contribution in [0, 0.1) is 6.92 Å². The highest BCUT2D eigenvalue weighted by atomic mass is 16.2. The fourth-order valence-electron chi connectivity index (χ4n) is 4.98. The number of pyridine rings is 1. The third-order valence-corrected chi connectivity index (χ3v) is 6.97. The smallest absolute Gasteiger partial charge is 0.324 e. The second kappa shape index (κ2) is 8.74. The second-order valence-corrected chi connectivity index (χ2v) is 10.3. The molecule has 0 saturated carbocycles. The number of carbonyl (C=O) groups is 1. The van der Waals surface area contributed by atoms with Crippen molar-refractivity contribution >= 4 is 17.4 Å². The molecule has 0 spiro atoms. The maximum absolute atomic E-state index is 13.4. The monoisotopic (exact) mass is 435 g/mol. The summed E-state index contributed by atoms with van der Waals surface area (Å²) < 4.78 is 0. The number of hydrogen-bond acceptors (Lipinski definition) is 4. The van der Waals surface area contributed by atoms with E-state index < -0.39 is 0 Å². The van der Waals surface area contributed by atoms with Gasteiger partial charge >= 0.3 is 6.03 Å². The maximum Gasteiger partial charge on any atom is 0.324 e. The van der Waals surface area contributed by atoms with Crippen molar-refractivity contribution in [2.45, 2.75) is 51.6 Å². The average molecular weight is 436 g/mol. The molecule has 6 nitrogen and oxygen atoms in total. The molecule has 0 aliphatic carbocycles. The third-order valence-electron chi connectivity index (χ3n) is 6.97. The molecule has 0 atom stereocenters. The zero-order valence-corrected chi connectivity index (χ0v) is 20.4. The average Bonchev–Trinajstić information content (AvgIpc) is 3.04. The number of rotatable bonds is 4. The van der Waals surface area contributed by atoms with Crippen LogP contribution in [0.2, 0.25) is 0 Å². The molecule has 0 bridgehead atoms. The number of fused-ring (bicyclic) bond motifs is 1. The number of aromatic nitrogens is 1. The molecule has 2 aromatic rings. The maximum atomic E-state index is 13.4. The highest BCUT2D eigenvalue weighted by Gasteiger charge is 2.41. The van der Waals surface area contributed by atoms with Gasteiger partial charge in [0, 0.05) is 63.1 Å². The Morgan fingerprint density at radius 2 is 1.72 bits per heavy atom. The van der Waals surface area contributed by atoms with E-state index in [1.165, 1.54) is 11.3 Å². The number of likely N-dealkylation sites (tertiary alicyclic amines) is 1. The van der Waals surface area contributed by atoms with Crippen LogP contribution >= 0.6 is 0 Å². The summed E-state index contributed by atoms with van der Waals surface area (Å²) in [7, 11) is 6.33. The Bertz CT molecular complexity index is 961. The summed E-state index contributed by atoms with van der Waals surface area (Å²) in [6, 6.07) is 13.5. The molecule has 4 rings (SSSR count). The van der Waals surface area contributed by atoms with Gasteiger partial charge in [0.15, 0.2) is 0 Å². The molecule has 172 valence electrons. The predicted molar refractivity (Wildman–Crippen MR) is 132 cm³/mol. The quantitative estimate of drug-likeness (QED) is 0.719. The van der Waals surface area contributed by atoms with Crippen molar-refractivity contribution < 1.29 is 4.79 Å². The SMILES string of the molecule is Cc1ccc2c(n1)C(C)(C)CN2C(=O)N1CCC(N(C)Cc2ccc(N(C)C)cc2)CC1. The number of benzene rings is 1. The topological polar surface area (TPSA) is 42.9 Å². The number of anilines is 2. The lowest BCUT2D eigenvalue weighted by Crippen LogP contribution is -2.50. The van der Waals surface area contributed by atoms with E-state index in [0.29, 0.717) is 12.6 Å². The minimum Gasteiger partial charge on any atom is -0.378 e. The zero-order valence-electron chi connectivity index (χ0n) is 20.4. The first kappa shape index (κ1) is 22.6. The van der Waals surface area contributed by atoms with Crippen LogP contribution in [-0.2, 0) is 12.0 Å². The third kappa shape index (κ3) is 4.46. The minimum atomic E-state index is -0.113. The Morgan fingerprint density at radius 3 is 2.34 bits per heavy atom. The first-order chi connectivity index (χ1) is 15.2. The fourth-order valence-corrected chi connectivity index (χ4v) is 4.98. The van der Waals surface area contributed by atoms with Gasteiger partial charge < -0.3 is 9.80 Å². The van der Waals surface area contributed by atoms with Crippen LogP contribution in [-0.4, -0.2) is 67.6 Å². The van der Waals surface area contributed by atoms with Crippen molar-refractivity contribution in [1.82, 2.24) is 14.8 Å². The Hall–Kier alpha value is -2.60. The molecular weight excluding hydrogens is 398 g/mol. The van der Waals surface area contributed by atoms with E-state index in [4.69, 9.17) is 4.98 Å². The molecule has 1 aromatic heterocycles. The molecule has 2 aliphatic heterocycles. The molecule has 0 unspecified atom stereocenters. The van der Waals surface area contributed by atoms with Crippen molar-refractivity contribution in [3.63, 3.8) is 0 Å². The Kier molecular flexibility index (Phi) is 6.17. The number of aryl methyl sites for hydroxylation is 1. The summed E-state index contributed by atoms with van der Waals surface area (Å²) in [4.78, 5) is 26.7. The number of nitrogens with zero attached hydrogens (tertiary/aromatic N) is 5. The molecule has 1 aromatic carbocycles. The number of carbonyl (C=O) groups excluding carboxylic acids is 1. The molecule has 2 aliphatic rings. The molecule has 3 heterocycles. The standard InChI is InChI=1S/C26H37N5O/c1-19-7-12-23-24(27-19)26(2,3)18-31(23)25(32)30-15-13-22(14-16-30)29(6)17-20-8-10-21(11-9-20)28(4)5/h7-12,22H,13-18H2,1-6H3. The fraction of sp³-hybridized carbons (Fsp3) is 0.538. The van der Waals surface area contributed by atoms with Crippen LogP contribution < -0.4 is 9.80 Å². The van der Waals surface area contributed by atoms with E-state index in [0.717, 1.165) is 49.6 Å². The Labute approximate surface area is 192 Å². The summed E-state index contributed by atoms with van der Waals surface area (Å²) >= 11 is 0. The van der Waals surface area contributed by atoms with E-state index in [-0.39, 0.29) is 11.4 Å². The first-order valence-electron chi connectivity index (χ1n) is 11.7. The molecule has 0 N–H and O–H groups in total. The van der Waals surface area contributed by atoms with Gasteiger partial charge in [0.2, 0.25) is 0 Å². The van der Waals surface area contributed by atoms with Crippen LogP contribution in [0.3, 0.4) is 0 Å². The zero-order chi connectivity index (χ0) is 23.0. The minimum absolute atomic E-state index is 0.113. The number of hydrogen-bond donors (Lipinski definition) is 0. The van der Waals surface area contributed by atoms with Crippen molar-refractivity contribution in [2.24, 2.45) is 0 Å². The van der Waals surface area contributed by atoms with Crippen LogP contribution in [0.15, 0.2) is 36.4 Å². The van der Waals surface area contributed by atoms with Crippen molar-refractivity contribution in [3.05, 3.63) is 53.3 Å². The van der Waals surface area contributed by atoms with Crippen LogP contribution in [0.5, 0.6) is 0 Å². The second-order valence-electron chi connectivity index (χ2n) is 10.3. The Balaban J connectivity index is 1.35. The molecule has 6 heteroatoms. The van der Waals surface area contributed by atoms with Gasteiger partial charge in [0.05, 0.1) is 11.4 Å². The van der Waals surface area contributed by atoms with Crippen LogP contribution in [0.25, 0.3) is 0 Å². The predicted octanol–water partition coefficient (Wildman–Crippen LogP) is 4.27. The number of piperidine rings is 1. The highest BCUT2D eigenvalue weighted by molar-refractivity contribution is 5.94. The molecule has 32 heavy (non-hydrogen) atoms. The van der Waals surface area contributed by atoms with Gasteiger partial charge in [-0.25, -0.2) is 4.79 Å². The number of urea groups is 1. The summed E-state index contributed by atoms with van der Waals surface area (Å²) in [5, 5.41) is 0. The van der Waals surface area contributed by atoms with E-state index >= 15 is 0 Å². The van der Waals surface area contributed by atoms with Crippen molar-refractivity contribution in [3.8, 4) is 0 Å². The largest absolute Gasteiger partial charge is 0.378 e. The lowest BCUT2D eigenvalue weighted by molar-refractivity contribution is 0.133. The summed E-state index contributed by atoms with van der Waals surface area (Å²) in [6.07, 6.45) is 2.02. The Morgan fingerprint density at radius 1 is 1.06 bits per heavy atom. The van der Waals surface area contributed by atoms with Gasteiger partial charge in [-0.15, -0.1) is 0 Å². The van der Waals surface area contributed by atoms with Gasteiger partial charge in [-0.05, 0) is 56.6 Å². The molecule has 1 fully saturated rings. The molecule has 0 radical (unpaired) electrons. The van der Waals surface area contributed by atoms with E-state index in [2.05, 4.69) is 75.1 Å². The highest BCUT2D eigenvalue weighted by Crippen LogP contribution is 2.40. The molecule has 1 saturated heterocycles. The lowest BCUT2D eigenvalue weighted by Gasteiger charge is -2.38. The van der Waals surface area contributed by atoms with Gasteiger partial charge in [-0.1, -0.05) is 26.0 Å². The van der Waals surface area contributed by atoms with Crippen LogP contribution in [0.4, 0.5) is 16.2 Å². The first-order valence-corrected chi connectivity index (χ1v) is 11.7. The van der Waals surface area contributed by atoms with Crippen molar-refractivity contribution in [1.29, 1.82) is 0 Å².